The molecule has 3 amide bonds. The van der Waals surface area contributed by atoms with Crippen LogP contribution in [0.4, 0.5) is 10.5 Å². The Morgan fingerprint density at radius 3 is 2.22 bits per heavy atom. The lowest BCUT2D eigenvalue weighted by atomic mass is 10.2. The molecule has 1 unspecified atom stereocenters. The molecule has 9 N–H and O–H groups in total. The smallest absolute Gasteiger partial charge is 0.333 e. The molecular formula is C19H25N7O5S. The van der Waals surface area contributed by atoms with Gasteiger partial charge in [-0.3, -0.25) is 10.2 Å². The topological polar surface area (TPSA) is 201 Å². The predicted molar refractivity (Wildman–Crippen MR) is 119 cm³/mol. The van der Waals surface area contributed by atoms with E-state index in [1.807, 2.05) is 0 Å². The average molecular weight is 464 g/mol. The molecule has 32 heavy (non-hydrogen) atoms. The van der Waals surface area contributed by atoms with Gasteiger partial charge < -0.3 is 21.9 Å². The first-order valence-corrected chi connectivity index (χ1v) is 11.0. The zero-order chi connectivity index (χ0) is 23.6. The Labute approximate surface area is 185 Å². The number of hydrogen-bond acceptors (Lipinski definition) is 6. The van der Waals surface area contributed by atoms with Gasteiger partial charge in [0.15, 0.2) is 5.96 Å². The van der Waals surface area contributed by atoms with Crippen LogP contribution in [0.15, 0.2) is 59.6 Å². The molecule has 1 atom stereocenters. The van der Waals surface area contributed by atoms with Crippen LogP contribution in [0.3, 0.4) is 0 Å². The zero-order valence-corrected chi connectivity index (χ0v) is 17.8. The van der Waals surface area contributed by atoms with E-state index in [4.69, 9.17) is 11.5 Å². The molecule has 0 saturated carbocycles. The Morgan fingerprint density at radius 1 is 0.969 bits per heavy atom. The van der Waals surface area contributed by atoms with Crippen LogP contribution in [0.2, 0.25) is 0 Å². The van der Waals surface area contributed by atoms with Crippen molar-refractivity contribution in [2.24, 2.45) is 16.5 Å². The van der Waals surface area contributed by atoms with Crippen molar-refractivity contribution in [3.05, 3.63) is 65.7 Å². The van der Waals surface area contributed by atoms with E-state index in [9.17, 15) is 23.1 Å². The van der Waals surface area contributed by atoms with Crippen molar-refractivity contribution in [3.8, 4) is 0 Å². The summed E-state index contributed by atoms with van der Waals surface area (Å²) in [7, 11) is -3.91. The summed E-state index contributed by atoms with van der Waals surface area (Å²) in [6, 6.07) is 12.8. The van der Waals surface area contributed by atoms with E-state index in [2.05, 4.69) is 25.9 Å². The van der Waals surface area contributed by atoms with Crippen LogP contribution in [0.25, 0.3) is 0 Å². The number of sulfonamides is 1. The van der Waals surface area contributed by atoms with Crippen LogP contribution in [0.1, 0.15) is 11.1 Å². The molecule has 2 rings (SSSR count). The SMILES string of the molecule is NC(N)=Nc1ccc(CNC(=O)NNC(=O)C(CO)NS(=O)(=O)Cc2ccccc2)cc1. The monoisotopic (exact) mass is 463 g/mol. The van der Waals surface area contributed by atoms with Crippen molar-refractivity contribution in [2.45, 2.75) is 18.3 Å². The number of amides is 3. The van der Waals surface area contributed by atoms with Gasteiger partial charge in [-0.15, -0.1) is 0 Å². The molecule has 172 valence electrons. The average Bonchev–Trinajstić information content (AvgIpc) is 2.75. The molecule has 0 aliphatic rings. The molecule has 0 spiro atoms. The summed E-state index contributed by atoms with van der Waals surface area (Å²) >= 11 is 0. The second kappa shape index (κ2) is 11.6. The number of nitrogens with one attached hydrogen (secondary N) is 4. The lowest BCUT2D eigenvalue weighted by Crippen LogP contribution is -2.55. The minimum Gasteiger partial charge on any atom is -0.394 e. The molecule has 0 radical (unpaired) electrons. The van der Waals surface area contributed by atoms with Gasteiger partial charge >= 0.3 is 6.03 Å². The molecule has 0 aliphatic heterocycles. The molecule has 2 aromatic carbocycles. The highest BCUT2D eigenvalue weighted by Gasteiger charge is 2.24. The van der Waals surface area contributed by atoms with Crippen molar-refractivity contribution < 1.29 is 23.1 Å². The number of urea groups is 1. The summed E-state index contributed by atoms with van der Waals surface area (Å²) in [5.74, 6) is -1.37. The number of aliphatic hydroxyl groups excluding tert-OH is 1. The van der Waals surface area contributed by atoms with Crippen LogP contribution in [-0.4, -0.2) is 44.1 Å². The Bertz CT molecular complexity index is 1040. The Balaban J connectivity index is 1.80. The lowest BCUT2D eigenvalue weighted by Gasteiger charge is -2.17. The third-order valence-electron chi connectivity index (χ3n) is 3.97. The van der Waals surface area contributed by atoms with Gasteiger partial charge in [0.1, 0.15) is 6.04 Å². The van der Waals surface area contributed by atoms with E-state index in [0.29, 0.717) is 11.3 Å². The summed E-state index contributed by atoms with van der Waals surface area (Å²) in [5, 5.41) is 11.9. The summed E-state index contributed by atoms with van der Waals surface area (Å²) < 4.78 is 26.6. The van der Waals surface area contributed by atoms with Crippen LogP contribution in [0.5, 0.6) is 0 Å². The maximum Gasteiger partial charge on any atom is 0.333 e. The molecular weight excluding hydrogens is 438 g/mol. The fraction of sp³-hybridized carbons (Fsp3) is 0.211. The number of carbonyl (C=O) groups is 2. The van der Waals surface area contributed by atoms with Crippen LogP contribution in [0, 0.1) is 0 Å². The van der Waals surface area contributed by atoms with Gasteiger partial charge in [-0.05, 0) is 23.3 Å². The van der Waals surface area contributed by atoms with Gasteiger partial charge in [-0.1, -0.05) is 42.5 Å². The molecule has 2 aromatic rings. The first kappa shape index (κ1) is 24.6. The Kier molecular flexibility index (Phi) is 8.95. The van der Waals surface area contributed by atoms with E-state index < -0.39 is 34.6 Å². The Hall–Kier alpha value is -3.68. The number of hydrazine groups is 1. The fourth-order valence-electron chi connectivity index (χ4n) is 2.50. The first-order chi connectivity index (χ1) is 15.2. The van der Waals surface area contributed by atoms with E-state index in [1.165, 1.54) is 0 Å². The number of guanidine groups is 1. The molecule has 0 heterocycles. The number of rotatable bonds is 9. The molecule has 12 nitrogen and oxygen atoms in total. The first-order valence-electron chi connectivity index (χ1n) is 9.35. The van der Waals surface area contributed by atoms with Crippen molar-refractivity contribution in [2.75, 3.05) is 6.61 Å². The summed E-state index contributed by atoms with van der Waals surface area (Å²) in [6.07, 6.45) is 0. The third-order valence-corrected chi connectivity index (χ3v) is 5.32. The number of hydrogen-bond donors (Lipinski definition) is 7. The highest BCUT2D eigenvalue weighted by molar-refractivity contribution is 7.88. The number of nitrogens with two attached hydrogens (primary N) is 2. The standard InChI is InChI=1S/C19H25N7O5S/c20-18(21)23-15-8-6-13(7-9-15)10-22-19(29)25-24-17(28)16(11-27)26-32(30,31)12-14-4-2-1-3-5-14/h1-9,16,26-27H,10-12H2,(H,24,28)(H4,20,21,23)(H2,22,25,29). The van der Waals surface area contributed by atoms with Crippen molar-refractivity contribution in [1.82, 2.24) is 20.9 Å². The minimum atomic E-state index is -3.91. The van der Waals surface area contributed by atoms with Crippen molar-refractivity contribution in [3.63, 3.8) is 0 Å². The van der Waals surface area contributed by atoms with Crippen LogP contribution < -0.4 is 32.4 Å². The van der Waals surface area contributed by atoms with Gasteiger partial charge in [-0.25, -0.2) is 28.4 Å². The summed E-state index contributed by atoms with van der Waals surface area (Å²) in [4.78, 5) is 27.9. The largest absolute Gasteiger partial charge is 0.394 e. The molecule has 0 bridgehead atoms. The van der Waals surface area contributed by atoms with Gasteiger partial charge in [0.25, 0.3) is 5.91 Å². The number of aliphatic hydroxyl groups is 1. The number of carbonyl (C=O) groups excluding carboxylic acids is 2. The van der Waals surface area contributed by atoms with Crippen molar-refractivity contribution in [1.29, 1.82) is 0 Å². The van der Waals surface area contributed by atoms with E-state index in [-0.39, 0.29) is 18.3 Å². The lowest BCUT2D eigenvalue weighted by molar-refractivity contribution is -0.124. The molecule has 0 saturated heterocycles. The Morgan fingerprint density at radius 2 is 1.62 bits per heavy atom. The maximum absolute atomic E-state index is 12.2. The van der Waals surface area contributed by atoms with Crippen molar-refractivity contribution >= 4 is 33.6 Å². The van der Waals surface area contributed by atoms with Gasteiger partial charge in [0.2, 0.25) is 10.0 Å². The van der Waals surface area contributed by atoms with E-state index in [0.717, 1.165) is 5.56 Å². The molecule has 13 heteroatoms. The maximum atomic E-state index is 12.2. The van der Waals surface area contributed by atoms with E-state index >= 15 is 0 Å². The second-order valence-corrected chi connectivity index (χ2v) is 8.35. The third kappa shape index (κ3) is 8.59. The van der Waals surface area contributed by atoms with Crippen LogP contribution in [-0.2, 0) is 27.1 Å². The van der Waals surface area contributed by atoms with Gasteiger partial charge in [0.05, 0.1) is 18.0 Å². The second-order valence-electron chi connectivity index (χ2n) is 6.60. The normalized spacial score (nSPS) is 11.8. The quantitative estimate of drug-likeness (QED) is 0.139. The number of aliphatic imine (C=N–C) groups is 1. The minimum absolute atomic E-state index is 0.0745. The fourth-order valence-corrected chi connectivity index (χ4v) is 3.82. The summed E-state index contributed by atoms with van der Waals surface area (Å²) in [5.41, 5.74) is 16.5. The van der Waals surface area contributed by atoms with Gasteiger partial charge in [0, 0.05) is 6.54 Å². The number of benzene rings is 2. The molecule has 0 fully saturated rings. The predicted octanol–water partition coefficient (Wildman–Crippen LogP) is -1.10. The summed E-state index contributed by atoms with van der Waals surface area (Å²) in [6.45, 7) is -0.664. The molecule has 0 aliphatic carbocycles. The van der Waals surface area contributed by atoms with Crippen LogP contribution >= 0.6 is 0 Å². The van der Waals surface area contributed by atoms with E-state index in [1.54, 1.807) is 54.6 Å². The molecule has 0 aromatic heterocycles. The van der Waals surface area contributed by atoms with Gasteiger partial charge in [-0.2, -0.15) is 0 Å². The number of nitrogens with zero attached hydrogens (tertiary/aromatic N) is 1. The zero-order valence-electron chi connectivity index (χ0n) is 17.0. The highest BCUT2D eigenvalue weighted by atomic mass is 32.2. The highest BCUT2D eigenvalue weighted by Crippen LogP contribution is 2.12.